The lowest BCUT2D eigenvalue weighted by atomic mass is 9.98. The number of esters is 2. The molecule has 0 aliphatic heterocycles. The standard InChI is InChI=1S/C42H66N6O4/c1-7-11-15-19-21-25-29-47-43-37-31(5)41(51-33(49)27-23-17-13-9-3)36-35(39(37)45-47)42(52-34(50)28-24-18-14-10-4)32(6)38-40(36)46-48(44-38)30-26-22-20-16-12-8-2/h7-30H2,1-6H3. The minimum absolute atomic E-state index is 0.290. The SMILES string of the molecule is CCCCCCCCn1nc2c(C)c(OC(=O)CCCCCC)c3c4nn(CCCCCCCC)nc4c(C)c(OC(=O)CCCCCC)c3c2n1. The highest BCUT2D eigenvalue weighted by atomic mass is 16.5. The molecule has 0 radical (unpaired) electrons. The number of hydrogen-bond donors (Lipinski definition) is 0. The molecule has 52 heavy (non-hydrogen) atoms. The van der Waals surface area contributed by atoms with Crippen LogP contribution in [0.5, 0.6) is 11.5 Å². The summed E-state index contributed by atoms with van der Waals surface area (Å²) in [4.78, 5) is 30.5. The topological polar surface area (TPSA) is 114 Å². The van der Waals surface area contributed by atoms with Crippen LogP contribution in [-0.4, -0.2) is 41.9 Å². The molecule has 288 valence electrons. The van der Waals surface area contributed by atoms with Gasteiger partial charge in [-0.05, 0) is 39.5 Å². The van der Waals surface area contributed by atoms with Gasteiger partial charge in [-0.25, -0.2) is 0 Å². The Kier molecular flexibility index (Phi) is 17.3. The van der Waals surface area contributed by atoms with Crippen molar-refractivity contribution in [2.75, 3.05) is 0 Å². The zero-order chi connectivity index (χ0) is 37.3. The van der Waals surface area contributed by atoms with E-state index in [4.69, 9.17) is 29.9 Å². The van der Waals surface area contributed by atoms with Gasteiger partial charge in [0.05, 0.1) is 23.9 Å². The minimum atomic E-state index is -0.290. The monoisotopic (exact) mass is 719 g/mol. The van der Waals surface area contributed by atoms with Crippen LogP contribution in [0.2, 0.25) is 0 Å². The molecular formula is C42H66N6O4. The molecule has 0 atom stereocenters. The van der Waals surface area contributed by atoms with Gasteiger partial charge in [-0.15, -0.1) is 0 Å². The molecular weight excluding hydrogens is 652 g/mol. The Labute approximate surface area is 311 Å². The third kappa shape index (κ3) is 11.2. The average molecular weight is 719 g/mol. The van der Waals surface area contributed by atoms with Crippen molar-refractivity contribution < 1.29 is 19.1 Å². The van der Waals surface area contributed by atoms with Gasteiger partial charge in [-0.1, -0.05) is 130 Å². The van der Waals surface area contributed by atoms with Crippen LogP contribution in [0, 0.1) is 13.8 Å². The Morgan fingerprint density at radius 1 is 0.442 bits per heavy atom. The highest BCUT2D eigenvalue weighted by Crippen LogP contribution is 2.46. The second kappa shape index (κ2) is 21.8. The van der Waals surface area contributed by atoms with E-state index in [0.717, 1.165) is 88.2 Å². The van der Waals surface area contributed by atoms with Gasteiger partial charge in [0.1, 0.15) is 33.6 Å². The fraction of sp³-hybridized carbons (Fsp3) is 0.714. The van der Waals surface area contributed by atoms with E-state index in [1.165, 1.54) is 51.4 Å². The summed E-state index contributed by atoms with van der Waals surface area (Å²) >= 11 is 0. The minimum Gasteiger partial charge on any atom is -0.425 e. The first kappa shape index (κ1) is 41.2. The number of benzene rings is 2. The van der Waals surface area contributed by atoms with Crippen molar-refractivity contribution in [1.29, 1.82) is 0 Å². The Hall–Kier alpha value is -3.56. The van der Waals surface area contributed by atoms with E-state index in [-0.39, 0.29) is 11.9 Å². The fourth-order valence-corrected chi connectivity index (χ4v) is 7.05. The van der Waals surface area contributed by atoms with E-state index in [9.17, 15) is 9.59 Å². The Balaban J connectivity index is 1.85. The molecule has 10 heteroatoms. The number of unbranched alkanes of at least 4 members (excludes halogenated alkanes) is 16. The highest BCUT2D eigenvalue weighted by molar-refractivity contribution is 6.22. The number of aromatic nitrogens is 6. The Bertz CT molecular complexity index is 1600. The molecule has 4 rings (SSSR count). The van der Waals surface area contributed by atoms with E-state index in [2.05, 4.69) is 27.7 Å². The highest BCUT2D eigenvalue weighted by Gasteiger charge is 2.29. The maximum absolute atomic E-state index is 13.5. The van der Waals surface area contributed by atoms with Crippen LogP contribution in [0.15, 0.2) is 0 Å². The summed E-state index contributed by atoms with van der Waals surface area (Å²) < 4.78 is 12.6. The molecule has 0 saturated heterocycles. The van der Waals surface area contributed by atoms with Gasteiger partial charge >= 0.3 is 11.9 Å². The summed E-state index contributed by atoms with van der Waals surface area (Å²) in [7, 11) is 0. The fourth-order valence-electron chi connectivity index (χ4n) is 7.05. The maximum atomic E-state index is 13.5. The van der Waals surface area contributed by atoms with Crippen molar-refractivity contribution >= 4 is 44.8 Å². The first-order valence-corrected chi connectivity index (χ1v) is 20.8. The lowest BCUT2D eigenvalue weighted by Gasteiger charge is -2.16. The van der Waals surface area contributed by atoms with Gasteiger partial charge in [0.25, 0.3) is 0 Å². The number of hydrogen-bond acceptors (Lipinski definition) is 8. The van der Waals surface area contributed by atoms with Crippen LogP contribution in [0.25, 0.3) is 32.8 Å². The molecule has 0 bridgehead atoms. The van der Waals surface area contributed by atoms with Crippen molar-refractivity contribution in [3.05, 3.63) is 11.1 Å². The summed E-state index contributed by atoms with van der Waals surface area (Å²) in [5.74, 6) is 0.238. The molecule has 0 amide bonds. The number of ether oxygens (including phenoxy) is 2. The normalized spacial score (nSPS) is 11.7. The zero-order valence-electron chi connectivity index (χ0n) is 33.3. The number of carbonyl (C=O) groups is 2. The molecule has 2 aromatic heterocycles. The predicted molar refractivity (Wildman–Crippen MR) is 211 cm³/mol. The second-order valence-corrected chi connectivity index (χ2v) is 14.7. The van der Waals surface area contributed by atoms with E-state index >= 15 is 0 Å². The first-order chi connectivity index (χ1) is 25.3. The molecule has 10 nitrogen and oxygen atoms in total. The second-order valence-electron chi connectivity index (χ2n) is 14.7. The van der Waals surface area contributed by atoms with E-state index in [0.29, 0.717) is 70.3 Å². The van der Waals surface area contributed by atoms with Crippen molar-refractivity contribution in [3.63, 3.8) is 0 Å². The summed E-state index contributed by atoms with van der Waals surface area (Å²) in [5, 5.41) is 21.2. The molecule has 0 unspecified atom stereocenters. The van der Waals surface area contributed by atoms with Crippen molar-refractivity contribution in [2.24, 2.45) is 0 Å². The molecule has 0 spiro atoms. The van der Waals surface area contributed by atoms with Crippen LogP contribution >= 0.6 is 0 Å². The van der Waals surface area contributed by atoms with Gasteiger partial charge in [-0.3, -0.25) is 9.59 Å². The predicted octanol–water partition coefficient (Wildman–Crippen LogP) is 11.4. The summed E-state index contributed by atoms with van der Waals surface area (Å²) in [5.41, 5.74) is 4.00. The van der Waals surface area contributed by atoms with Gasteiger partial charge in [0.2, 0.25) is 0 Å². The summed E-state index contributed by atoms with van der Waals surface area (Å²) in [6, 6.07) is 0. The molecule has 2 heterocycles. The van der Waals surface area contributed by atoms with Gasteiger partial charge < -0.3 is 9.47 Å². The van der Waals surface area contributed by atoms with Gasteiger partial charge in [0, 0.05) is 24.0 Å². The van der Waals surface area contributed by atoms with Crippen LogP contribution in [0.3, 0.4) is 0 Å². The smallest absolute Gasteiger partial charge is 0.311 e. The Morgan fingerprint density at radius 3 is 1.12 bits per heavy atom. The third-order valence-corrected chi connectivity index (χ3v) is 10.2. The molecule has 0 saturated carbocycles. The average Bonchev–Trinajstić information content (AvgIpc) is 3.76. The maximum Gasteiger partial charge on any atom is 0.311 e. The molecule has 2 aromatic carbocycles. The van der Waals surface area contributed by atoms with Crippen molar-refractivity contribution in [2.45, 2.75) is 196 Å². The van der Waals surface area contributed by atoms with Crippen molar-refractivity contribution in [1.82, 2.24) is 30.0 Å². The van der Waals surface area contributed by atoms with E-state index < -0.39 is 0 Å². The van der Waals surface area contributed by atoms with E-state index in [1.54, 1.807) is 9.59 Å². The van der Waals surface area contributed by atoms with Crippen molar-refractivity contribution in [3.8, 4) is 11.5 Å². The number of aryl methyl sites for hydroxylation is 4. The zero-order valence-corrected chi connectivity index (χ0v) is 33.3. The quantitative estimate of drug-likeness (QED) is 0.0358. The lowest BCUT2D eigenvalue weighted by Crippen LogP contribution is -2.11. The van der Waals surface area contributed by atoms with Gasteiger partial charge in [-0.2, -0.15) is 30.0 Å². The number of carbonyl (C=O) groups excluding carboxylic acids is 2. The third-order valence-electron chi connectivity index (χ3n) is 10.2. The van der Waals surface area contributed by atoms with Crippen LogP contribution < -0.4 is 9.47 Å². The van der Waals surface area contributed by atoms with Crippen LogP contribution in [0.4, 0.5) is 0 Å². The molecule has 0 aliphatic carbocycles. The van der Waals surface area contributed by atoms with Crippen LogP contribution in [0.1, 0.15) is 180 Å². The van der Waals surface area contributed by atoms with E-state index in [1.807, 2.05) is 13.8 Å². The summed E-state index contributed by atoms with van der Waals surface area (Å²) in [6.07, 6.45) is 22.5. The number of rotatable bonds is 26. The summed E-state index contributed by atoms with van der Waals surface area (Å²) in [6.45, 7) is 14.0. The van der Waals surface area contributed by atoms with Crippen LogP contribution in [-0.2, 0) is 22.7 Å². The number of fused-ring (bicyclic) bond motifs is 5. The molecule has 0 aliphatic rings. The molecule has 4 aromatic rings. The largest absolute Gasteiger partial charge is 0.425 e. The van der Waals surface area contributed by atoms with Gasteiger partial charge in [0.15, 0.2) is 0 Å². The number of nitrogens with zero attached hydrogens (tertiary/aromatic N) is 6. The Morgan fingerprint density at radius 2 is 0.750 bits per heavy atom. The lowest BCUT2D eigenvalue weighted by molar-refractivity contribution is -0.135. The first-order valence-electron chi connectivity index (χ1n) is 20.8. The molecule has 0 fully saturated rings. The molecule has 0 N–H and O–H groups in total.